The number of nitrogens with one attached hydrogen (secondary N) is 1. The van der Waals surface area contributed by atoms with E-state index < -0.39 is 11.9 Å². The van der Waals surface area contributed by atoms with Gasteiger partial charge in [0.1, 0.15) is 0 Å². The molecule has 0 radical (unpaired) electrons. The topological polar surface area (TPSA) is 88.1 Å². The Morgan fingerprint density at radius 2 is 2.10 bits per heavy atom. The molecule has 0 aromatic heterocycles. The lowest BCUT2D eigenvalue weighted by atomic mass is 9.99. The van der Waals surface area contributed by atoms with Crippen molar-refractivity contribution in [2.24, 2.45) is 5.92 Å². The van der Waals surface area contributed by atoms with Gasteiger partial charge in [0, 0.05) is 33.4 Å². The van der Waals surface area contributed by atoms with Crippen LogP contribution in [-0.4, -0.2) is 68.6 Å². The molecular formula is C14H26N2O5. The number of urea groups is 1. The summed E-state index contributed by atoms with van der Waals surface area (Å²) in [7, 11) is 1.63. The van der Waals surface area contributed by atoms with Gasteiger partial charge in [-0.15, -0.1) is 0 Å². The van der Waals surface area contributed by atoms with Crippen molar-refractivity contribution in [3.8, 4) is 0 Å². The maximum atomic E-state index is 11.9. The highest BCUT2D eigenvalue weighted by Crippen LogP contribution is 2.16. The maximum Gasteiger partial charge on any atom is 0.317 e. The molecule has 7 heteroatoms. The second-order valence-corrected chi connectivity index (χ2v) is 5.17. The van der Waals surface area contributed by atoms with Crippen molar-refractivity contribution in [2.75, 3.05) is 46.6 Å². The van der Waals surface area contributed by atoms with E-state index in [9.17, 15) is 9.59 Å². The van der Waals surface area contributed by atoms with E-state index in [0.717, 1.165) is 19.3 Å². The second-order valence-electron chi connectivity index (χ2n) is 5.17. The molecule has 1 atom stereocenters. The number of hydrogen-bond acceptors (Lipinski definition) is 4. The van der Waals surface area contributed by atoms with Gasteiger partial charge >= 0.3 is 12.0 Å². The molecule has 21 heavy (non-hydrogen) atoms. The van der Waals surface area contributed by atoms with E-state index in [1.54, 1.807) is 12.0 Å². The van der Waals surface area contributed by atoms with Crippen LogP contribution in [0.4, 0.5) is 4.79 Å². The fraction of sp³-hybridized carbons (Fsp3) is 0.857. The number of ether oxygens (including phenoxy) is 2. The zero-order valence-corrected chi connectivity index (χ0v) is 12.7. The number of rotatable bonds is 9. The lowest BCUT2D eigenvalue weighted by Crippen LogP contribution is -2.47. The maximum absolute atomic E-state index is 11.9. The highest BCUT2D eigenvalue weighted by molar-refractivity contribution is 5.76. The first-order valence-corrected chi connectivity index (χ1v) is 7.47. The molecular weight excluding hydrogens is 276 g/mol. The molecule has 0 aromatic carbocycles. The molecule has 0 spiro atoms. The third kappa shape index (κ3) is 7.29. The molecule has 1 aliphatic rings. The summed E-state index contributed by atoms with van der Waals surface area (Å²) in [5, 5.41) is 11.8. The van der Waals surface area contributed by atoms with E-state index >= 15 is 0 Å². The van der Waals surface area contributed by atoms with Gasteiger partial charge in [-0.05, 0) is 25.7 Å². The zero-order valence-electron chi connectivity index (χ0n) is 12.7. The number of likely N-dealkylation sites (tertiary alicyclic amines) is 1. The molecule has 0 saturated carbocycles. The number of carboxylic acid groups (broad SMARTS) is 1. The monoisotopic (exact) mass is 302 g/mol. The van der Waals surface area contributed by atoms with Gasteiger partial charge in [0.2, 0.25) is 0 Å². The van der Waals surface area contributed by atoms with Gasteiger partial charge in [-0.3, -0.25) is 4.79 Å². The van der Waals surface area contributed by atoms with E-state index in [1.165, 1.54) is 0 Å². The molecule has 1 saturated heterocycles. The summed E-state index contributed by atoms with van der Waals surface area (Å²) in [6.07, 6.45) is 3.12. The van der Waals surface area contributed by atoms with Crippen molar-refractivity contribution in [2.45, 2.75) is 25.7 Å². The average molecular weight is 302 g/mol. The summed E-state index contributed by atoms with van der Waals surface area (Å²) in [5.41, 5.74) is 0. The Balaban J connectivity index is 2.06. The molecule has 1 rings (SSSR count). The molecule has 2 amide bonds. The van der Waals surface area contributed by atoms with E-state index in [1.807, 2.05) is 0 Å². The largest absolute Gasteiger partial charge is 0.481 e. The summed E-state index contributed by atoms with van der Waals surface area (Å²) in [6, 6.07) is -0.166. The van der Waals surface area contributed by atoms with Crippen molar-refractivity contribution in [3.05, 3.63) is 0 Å². The number of piperidine rings is 1. The number of aliphatic carboxylic acids is 1. The van der Waals surface area contributed by atoms with Crippen LogP contribution in [-0.2, 0) is 14.3 Å². The van der Waals surface area contributed by atoms with Gasteiger partial charge < -0.3 is 24.8 Å². The molecule has 122 valence electrons. The third-order valence-corrected chi connectivity index (χ3v) is 3.48. The van der Waals surface area contributed by atoms with E-state index in [0.29, 0.717) is 45.9 Å². The molecule has 0 aromatic rings. The van der Waals surface area contributed by atoms with Crippen LogP contribution in [0.2, 0.25) is 0 Å². The van der Waals surface area contributed by atoms with Gasteiger partial charge in [-0.25, -0.2) is 4.79 Å². The Kier molecular flexibility index (Phi) is 8.77. The fourth-order valence-corrected chi connectivity index (χ4v) is 2.24. The Hall–Kier alpha value is -1.34. The third-order valence-electron chi connectivity index (χ3n) is 3.48. The molecule has 0 unspecified atom stereocenters. The van der Waals surface area contributed by atoms with Gasteiger partial charge in [0.15, 0.2) is 0 Å². The second kappa shape index (κ2) is 10.4. The van der Waals surface area contributed by atoms with Crippen molar-refractivity contribution < 1.29 is 24.2 Å². The van der Waals surface area contributed by atoms with E-state index in [4.69, 9.17) is 14.6 Å². The number of hydrogen-bond donors (Lipinski definition) is 2. The smallest absolute Gasteiger partial charge is 0.317 e. The highest BCUT2D eigenvalue weighted by atomic mass is 16.5. The SMILES string of the molecule is COCCOCCCCNC(=O)N1CCC[C@@H](C(=O)O)C1. The Bertz CT molecular complexity index is 324. The molecule has 0 aliphatic carbocycles. The lowest BCUT2D eigenvalue weighted by Gasteiger charge is -2.30. The van der Waals surface area contributed by atoms with Gasteiger partial charge in [-0.1, -0.05) is 0 Å². The number of carbonyl (C=O) groups is 2. The molecule has 1 fully saturated rings. The summed E-state index contributed by atoms with van der Waals surface area (Å²) < 4.78 is 10.2. The molecule has 2 N–H and O–H groups in total. The minimum atomic E-state index is -0.819. The first kappa shape index (κ1) is 17.7. The minimum Gasteiger partial charge on any atom is -0.481 e. The summed E-state index contributed by atoms with van der Waals surface area (Å²) in [5.74, 6) is -1.25. The van der Waals surface area contributed by atoms with Gasteiger partial charge in [0.05, 0.1) is 19.1 Å². The standard InChI is InChI=1S/C14H26N2O5/c1-20-9-10-21-8-3-2-6-15-14(19)16-7-4-5-12(11-16)13(17)18/h12H,2-11H2,1H3,(H,15,19)(H,17,18)/t12-/m1/s1. The van der Waals surface area contributed by atoms with Crippen molar-refractivity contribution in [3.63, 3.8) is 0 Å². The Labute approximate surface area is 125 Å². The number of nitrogens with zero attached hydrogens (tertiary/aromatic N) is 1. The quantitative estimate of drug-likeness (QED) is 0.619. The molecule has 0 bridgehead atoms. The van der Waals surface area contributed by atoms with E-state index in [2.05, 4.69) is 5.32 Å². The number of methoxy groups -OCH3 is 1. The van der Waals surface area contributed by atoms with Crippen LogP contribution in [0.5, 0.6) is 0 Å². The Morgan fingerprint density at radius 1 is 1.29 bits per heavy atom. The normalized spacial score (nSPS) is 18.5. The van der Waals surface area contributed by atoms with Crippen LogP contribution >= 0.6 is 0 Å². The molecule has 1 aliphatic heterocycles. The predicted molar refractivity (Wildman–Crippen MR) is 77.3 cm³/mol. The van der Waals surface area contributed by atoms with Crippen molar-refractivity contribution in [1.29, 1.82) is 0 Å². The van der Waals surface area contributed by atoms with Gasteiger partial charge in [-0.2, -0.15) is 0 Å². The number of amides is 2. The summed E-state index contributed by atoms with van der Waals surface area (Å²) in [4.78, 5) is 24.5. The Morgan fingerprint density at radius 3 is 2.81 bits per heavy atom. The first-order valence-electron chi connectivity index (χ1n) is 7.47. The fourth-order valence-electron chi connectivity index (χ4n) is 2.24. The highest BCUT2D eigenvalue weighted by Gasteiger charge is 2.27. The first-order chi connectivity index (χ1) is 10.1. The molecule has 7 nitrogen and oxygen atoms in total. The van der Waals surface area contributed by atoms with Crippen molar-refractivity contribution in [1.82, 2.24) is 10.2 Å². The zero-order chi connectivity index (χ0) is 15.5. The van der Waals surface area contributed by atoms with Crippen LogP contribution in [0, 0.1) is 5.92 Å². The van der Waals surface area contributed by atoms with Crippen LogP contribution in [0.3, 0.4) is 0 Å². The van der Waals surface area contributed by atoms with Crippen LogP contribution in [0.25, 0.3) is 0 Å². The summed E-state index contributed by atoms with van der Waals surface area (Å²) in [6.45, 7) is 3.37. The summed E-state index contributed by atoms with van der Waals surface area (Å²) >= 11 is 0. The lowest BCUT2D eigenvalue weighted by molar-refractivity contribution is -0.143. The predicted octanol–water partition coefficient (Wildman–Crippen LogP) is 0.936. The van der Waals surface area contributed by atoms with Crippen LogP contribution in [0.15, 0.2) is 0 Å². The van der Waals surface area contributed by atoms with Crippen LogP contribution < -0.4 is 5.32 Å². The number of unbranched alkanes of at least 4 members (excludes halogenated alkanes) is 1. The molecule has 1 heterocycles. The van der Waals surface area contributed by atoms with Crippen molar-refractivity contribution >= 4 is 12.0 Å². The van der Waals surface area contributed by atoms with E-state index in [-0.39, 0.29) is 6.03 Å². The average Bonchev–Trinajstić information content (AvgIpc) is 2.49. The minimum absolute atomic E-state index is 0.166. The number of carbonyl (C=O) groups excluding carboxylic acids is 1. The van der Waals surface area contributed by atoms with Crippen LogP contribution in [0.1, 0.15) is 25.7 Å². The van der Waals surface area contributed by atoms with Gasteiger partial charge in [0.25, 0.3) is 0 Å². The number of carboxylic acids is 1.